The number of ether oxygens (including phenoxy) is 1. The number of alkyl halides is 1. The minimum Gasteiger partial charge on any atom is -0.466 e. The SMILES string of the molecule is C=CCN(C(=O)C1N(CCO)C(=O)[C@@H]2[C@@H](C(=O)OCC)[C@@H]3SC12CC3Br)C1CCCCC1. The molecule has 32 heavy (non-hydrogen) atoms. The van der Waals surface area contributed by atoms with Gasteiger partial charge in [0, 0.05) is 29.2 Å². The first-order valence-corrected chi connectivity index (χ1v) is 13.5. The van der Waals surface area contributed by atoms with Crippen LogP contribution >= 0.6 is 27.7 Å². The molecule has 3 aliphatic heterocycles. The maximum atomic E-state index is 14.2. The summed E-state index contributed by atoms with van der Waals surface area (Å²) in [6.45, 7) is 6.19. The number of β-amino-alcohol motifs (C(OH)–C–C–N with tert-alkyl or cyclic N) is 1. The summed E-state index contributed by atoms with van der Waals surface area (Å²) in [5.41, 5.74) is 0. The molecule has 1 N–H and O–H groups in total. The number of hydrogen-bond donors (Lipinski definition) is 1. The van der Waals surface area contributed by atoms with Crippen molar-refractivity contribution in [3.8, 4) is 0 Å². The van der Waals surface area contributed by atoms with Gasteiger partial charge in [-0.05, 0) is 26.2 Å². The van der Waals surface area contributed by atoms with Crippen LogP contribution in [0.25, 0.3) is 0 Å². The first kappa shape index (κ1) is 24.1. The van der Waals surface area contributed by atoms with Crippen LogP contribution in [-0.4, -0.2) is 85.9 Å². The molecule has 4 fully saturated rings. The maximum absolute atomic E-state index is 14.2. The third kappa shape index (κ3) is 3.72. The monoisotopic (exact) mass is 528 g/mol. The molecule has 178 valence electrons. The lowest BCUT2D eigenvalue weighted by Gasteiger charge is -2.41. The second-order valence-corrected chi connectivity index (χ2v) is 12.0. The number of amides is 2. The quantitative estimate of drug-likeness (QED) is 0.295. The van der Waals surface area contributed by atoms with Gasteiger partial charge < -0.3 is 19.6 Å². The smallest absolute Gasteiger partial charge is 0.310 e. The number of thioether (sulfide) groups is 1. The van der Waals surface area contributed by atoms with E-state index in [1.807, 2.05) is 4.90 Å². The molecule has 4 aliphatic rings. The Kier molecular flexibility index (Phi) is 7.27. The van der Waals surface area contributed by atoms with Gasteiger partial charge in [-0.2, -0.15) is 0 Å². The van der Waals surface area contributed by atoms with Crippen LogP contribution in [0.2, 0.25) is 0 Å². The summed E-state index contributed by atoms with van der Waals surface area (Å²) in [5, 5.41) is 9.63. The molecule has 9 heteroatoms. The molecule has 3 saturated heterocycles. The molecule has 2 bridgehead atoms. The van der Waals surface area contributed by atoms with Crippen LogP contribution < -0.4 is 0 Å². The van der Waals surface area contributed by atoms with E-state index in [0.717, 1.165) is 25.7 Å². The van der Waals surface area contributed by atoms with Crippen LogP contribution in [0.4, 0.5) is 0 Å². The number of esters is 1. The summed E-state index contributed by atoms with van der Waals surface area (Å²) in [6.07, 6.45) is 7.67. The zero-order chi connectivity index (χ0) is 23.0. The fourth-order valence-electron chi connectivity index (χ4n) is 6.37. The van der Waals surface area contributed by atoms with Crippen LogP contribution in [0, 0.1) is 11.8 Å². The molecule has 7 nitrogen and oxygen atoms in total. The zero-order valence-electron chi connectivity index (χ0n) is 18.6. The molecule has 4 rings (SSSR count). The van der Waals surface area contributed by atoms with Crippen LogP contribution in [0.15, 0.2) is 12.7 Å². The van der Waals surface area contributed by atoms with Gasteiger partial charge in [0.25, 0.3) is 0 Å². The van der Waals surface area contributed by atoms with Gasteiger partial charge in [-0.1, -0.05) is 41.3 Å². The summed E-state index contributed by atoms with van der Waals surface area (Å²) in [4.78, 5) is 44.2. The minimum atomic E-state index is -0.691. The highest BCUT2D eigenvalue weighted by Crippen LogP contribution is 2.68. The number of aliphatic hydroxyl groups excluding tert-OH is 1. The van der Waals surface area contributed by atoms with Gasteiger partial charge in [-0.3, -0.25) is 14.4 Å². The number of rotatable bonds is 8. The molecule has 1 spiro atoms. The number of carbonyl (C=O) groups is 3. The average molecular weight is 529 g/mol. The second kappa shape index (κ2) is 9.66. The Morgan fingerprint density at radius 3 is 2.72 bits per heavy atom. The maximum Gasteiger partial charge on any atom is 0.310 e. The Balaban J connectivity index is 1.73. The Hall–Kier alpha value is -1.06. The molecule has 1 aliphatic carbocycles. The van der Waals surface area contributed by atoms with Crippen molar-refractivity contribution in [2.24, 2.45) is 11.8 Å². The summed E-state index contributed by atoms with van der Waals surface area (Å²) in [7, 11) is 0. The van der Waals surface area contributed by atoms with E-state index in [1.165, 1.54) is 6.42 Å². The van der Waals surface area contributed by atoms with Crippen molar-refractivity contribution < 1.29 is 24.2 Å². The van der Waals surface area contributed by atoms with Crippen LogP contribution in [0.3, 0.4) is 0 Å². The topological polar surface area (TPSA) is 87.2 Å². The van der Waals surface area contributed by atoms with E-state index in [2.05, 4.69) is 22.5 Å². The van der Waals surface area contributed by atoms with Gasteiger partial charge in [0.15, 0.2) is 0 Å². The largest absolute Gasteiger partial charge is 0.466 e. The zero-order valence-corrected chi connectivity index (χ0v) is 21.0. The molecule has 2 amide bonds. The Bertz CT molecular complexity index is 775. The number of aliphatic hydroxyl groups is 1. The molecular weight excluding hydrogens is 496 g/mol. The van der Waals surface area contributed by atoms with Crippen molar-refractivity contribution in [3.05, 3.63) is 12.7 Å². The van der Waals surface area contributed by atoms with Gasteiger partial charge in [-0.25, -0.2) is 0 Å². The minimum absolute atomic E-state index is 0.0258. The highest BCUT2D eigenvalue weighted by molar-refractivity contribution is 9.09. The number of fused-ring (bicyclic) bond motifs is 1. The lowest BCUT2D eigenvalue weighted by molar-refractivity contribution is -0.153. The average Bonchev–Trinajstić information content (AvgIpc) is 3.36. The fraction of sp³-hybridized carbons (Fsp3) is 0.783. The third-order valence-electron chi connectivity index (χ3n) is 7.55. The van der Waals surface area contributed by atoms with Gasteiger partial charge in [0.1, 0.15) is 6.04 Å². The molecule has 0 aromatic rings. The first-order valence-electron chi connectivity index (χ1n) is 11.7. The Morgan fingerprint density at radius 2 is 2.09 bits per heavy atom. The molecule has 1 saturated carbocycles. The van der Waals surface area contributed by atoms with Gasteiger partial charge in [0.05, 0.1) is 29.8 Å². The standard InChI is InChI=1S/C23H33BrN2O5S/c1-3-10-25(14-8-6-5-7-9-14)21(29)19-23-13-15(24)18(32-23)16(22(30)31-4-2)17(23)20(28)26(19)11-12-27/h3,14-19,27H,1,4-13H2,2H3/t15?,16-,17+,18-,19?,23?/m1/s1. The lowest BCUT2D eigenvalue weighted by Crippen LogP contribution is -2.57. The van der Waals surface area contributed by atoms with Crippen LogP contribution in [0.5, 0.6) is 0 Å². The number of hydrogen-bond acceptors (Lipinski definition) is 6. The van der Waals surface area contributed by atoms with E-state index in [1.54, 1.807) is 29.7 Å². The van der Waals surface area contributed by atoms with Gasteiger partial charge >= 0.3 is 5.97 Å². The summed E-state index contributed by atoms with van der Waals surface area (Å²) < 4.78 is 4.66. The van der Waals surface area contributed by atoms with E-state index in [4.69, 9.17) is 4.74 Å². The molecule has 0 aromatic carbocycles. The van der Waals surface area contributed by atoms with Crippen molar-refractivity contribution in [3.63, 3.8) is 0 Å². The third-order valence-corrected chi connectivity index (χ3v) is 10.8. The molecule has 3 heterocycles. The van der Waals surface area contributed by atoms with Gasteiger partial charge in [-0.15, -0.1) is 18.3 Å². The van der Waals surface area contributed by atoms with Crippen molar-refractivity contribution >= 4 is 45.5 Å². The molecule has 6 atom stereocenters. The first-order chi connectivity index (χ1) is 15.4. The summed E-state index contributed by atoms with van der Waals surface area (Å²) in [6, 6.07) is -0.552. The molecular formula is C23H33BrN2O5S. The second-order valence-electron chi connectivity index (χ2n) is 9.24. The molecule has 0 aromatic heterocycles. The Labute approximate surface area is 202 Å². The normalized spacial score (nSPS) is 36.3. The number of likely N-dealkylation sites (tertiary alicyclic amines) is 1. The fourth-order valence-corrected chi connectivity index (χ4v) is 9.97. The van der Waals surface area contributed by atoms with Crippen molar-refractivity contribution in [1.82, 2.24) is 9.80 Å². The molecule has 3 unspecified atom stereocenters. The number of carbonyl (C=O) groups excluding carboxylic acids is 3. The highest BCUT2D eigenvalue weighted by atomic mass is 79.9. The van der Waals surface area contributed by atoms with Crippen LogP contribution in [-0.2, 0) is 19.1 Å². The van der Waals surface area contributed by atoms with E-state index >= 15 is 0 Å². The predicted octanol–water partition coefficient (Wildman–Crippen LogP) is 2.35. The van der Waals surface area contributed by atoms with Crippen molar-refractivity contribution in [1.29, 1.82) is 0 Å². The molecule has 0 radical (unpaired) electrons. The van der Waals surface area contributed by atoms with Crippen molar-refractivity contribution in [2.75, 3.05) is 26.3 Å². The number of nitrogens with zero attached hydrogens (tertiary/aromatic N) is 2. The van der Waals surface area contributed by atoms with E-state index in [0.29, 0.717) is 13.0 Å². The Morgan fingerprint density at radius 1 is 1.38 bits per heavy atom. The summed E-state index contributed by atoms with van der Waals surface area (Å²) >= 11 is 5.34. The van der Waals surface area contributed by atoms with E-state index < -0.39 is 22.6 Å². The summed E-state index contributed by atoms with van der Waals surface area (Å²) in [5.74, 6) is -1.80. The van der Waals surface area contributed by atoms with Gasteiger partial charge in [0.2, 0.25) is 11.8 Å². The predicted molar refractivity (Wildman–Crippen MR) is 126 cm³/mol. The van der Waals surface area contributed by atoms with E-state index in [-0.39, 0.29) is 53.7 Å². The van der Waals surface area contributed by atoms with Crippen LogP contribution in [0.1, 0.15) is 45.4 Å². The highest BCUT2D eigenvalue weighted by Gasteiger charge is 2.76. The lowest BCUT2D eigenvalue weighted by atomic mass is 9.71. The van der Waals surface area contributed by atoms with E-state index in [9.17, 15) is 19.5 Å². The number of halogens is 1. The van der Waals surface area contributed by atoms with Crippen molar-refractivity contribution in [2.45, 2.75) is 72.4 Å².